The lowest BCUT2D eigenvalue weighted by atomic mass is 9.82. The van der Waals surface area contributed by atoms with Crippen LogP contribution in [-0.2, 0) is 0 Å². The van der Waals surface area contributed by atoms with Gasteiger partial charge in [0, 0.05) is 6.04 Å². The minimum Gasteiger partial charge on any atom is -0.313 e. The average Bonchev–Trinajstić information content (AvgIpc) is 2.28. The van der Waals surface area contributed by atoms with Gasteiger partial charge in [-0.1, -0.05) is 12.8 Å². The Bertz CT molecular complexity index is 108. The van der Waals surface area contributed by atoms with Gasteiger partial charge < -0.3 is 5.32 Å². The van der Waals surface area contributed by atoms with Crippen molar-refractivity contribution in [2.24, 2.45) is 5.92 Å². The molecule has 2 fully saturated rings. The molecule has 1 nitrogen and oxygen atoms in total. The first kappa shape index (κ1) is 7.60. The highest BCUT2D eigenvalue weighted by atomic mass is 14.9. The Kier molecular flexibility index (Phi) is 2.47. The topological polar surface area (TPSA) is 12.0 Å². The van der Waals surface area contributed by atoms with Gasteiger partial charge in [-0.05, 0) is 44.6 Å². The van der Waals surface area contributed by atoms with E-state index in [9.17, 15) is 0 Å². The molecule has 0 amide bonds. The Hall–Kier alpha value is -0.0400. The van der Waals surface area contributed by atoms with Crippen LogP contribution >= 0.6 is 0 Å². The van der Waals surface area contributed by atoms with Crippen LogP contribution in [0.5, 0.6) is 0 Å². The molecule has 1 aliphatic heterocycles. The number of hydrogen-bond acceptors (Lipinski definition) is 1. The number of hydrogen-bond donors (Lipinski definition) is 1. The summed E-state index contributed by atoms with van der Waals surface area (Å²) >= 11 is 0. The fourth-order valence-corrected chi connectivity index (χ4v) is 2.49. The summed E-state index contributed by atoms with van der Waals surface area (Å²) in [4.78, 5) is 0. The van der Waals surface area contributed by atoms with Gasteiger partial charge >= 0.3 is 0 Å². The zero-order valence-corrected chi connectivity index (χ0v) is 7.18. The number of rotatable bonds is 0. The van der Waals surface area contributed by atoms with Crippen molar-refractivity contribution < 1.29 is 0 Å². The lowest BCUT2D eigenvalue weighted by molar-refractivity contribution is 0.267. The summed E-state index contributed by atoms with van der Waals surface area (Å²) < 4.78 is 0. The van der Waals surface area contributed by atoms with Gasteiger partial charge in [0.2, 0.25) is 0 Å². The van der Waals surface area contributed by atoms with Gasteiger partial charge in [0.05, 0.1) is 0 Å². The zero-order chi connectivity index (χ0) is 7.52. The van der Waals surface area contributed by atoms with Gasteiger partial charge in [-0.2, -0.15) is 0 Å². The molecule has 0 spiro atoms. The van der Waals surface area contributed by atoms with Crippen LogP contribution in [0.3, 0.4) is 0 Å². The smallest absolute Gasteiger partial charge is 0.00954 e. The summed E-state index contributed by atoms with van der Waals surface area (Å²) in [6.07, 6.45) is 11.0. The molecule has 1 radical (unpaired) electrons. The van der Waals surface area contributed by atoms with Crippen molar-refractivity contribution in [3.8, 4) is 0 Å². The van der Waals surface area contributed by atoms with Crippen LogP contribution < -0.4 is 5.32 Å². The van der Waals surface area contributed by atoms with Crippen LogP contribution in [0.1, 0.15) is 38.5 Å². The van der Waals surface area contributed by atoms with E-state index >= 15 is 0 Å². The Morgan fingerprint density at radius 1 is 1.09 bits per heavy atom. The van der Waals surface area contributed by atoms with E-state index in [1.165, 1.54) is 38.5 Å². The molecule has 1 heteroatoms. The molecule has 1 saturated carbocycles. The van der Waals surface area contributed by atoms with Crippen molar-refractivity contribution in [1.82, 2.24) is 5.32 Å². The van der Waals surface area contributed by atoms with Crippen LogP contribution in [0.4, 0.5) is 0 Å². The summed E-state index contributed by atoms with van der Waals surface area (Å²) in [5, 5.41) is 3.63. The molecule has 1 N–H and O–H groups in total. The standard InChI is InChI=1S/C10H18N/c1-2-7-10-9(5-1)6-3-4-8-11-10/h4,9-11H,1-3,5-8H2. The molecule has 2 atom stereocenters. The van der Waals surface area contributed by atoms with E-state index in [1.807, 2.05) is 0 Å². The van der Waals surface area contributed by atoms with E-state index in [4.69, 9.17) is 0 Å². The maximum absolute atomic E-state index is 3.63. The average molecular weight is 152 g/mol. The third-order valence-corrected chi connectivity index (χ3v) is 3.18. The van der Waals surface area contributed by atoms with E-state index in [2.05, 4.69) is 11.7 Å². The molecule has 0 aromatic rings. The van der Waals surface area contributed by atoms with Gasteiger partial charge in [0.25, 0.3) is 0 Å². The van der Waals surface area contributed by atoms with E-state index in [0.717, 1.165) is 18.5 Å². The van der Waals surface area contributed by atoms with Gasteiger partial charge in [0.1, 0.15) is 0 Å². The molecule has 1 heterocycles. The van der Waals surface area contributed by atoms with E-state index in [-0.39, 0.29) is 0 Å². The molecule has 11 heavy (non-hydrogen) atoms. The second-order valence-corrected chi connectivity index (χ2v) is 3.93. The Morgan fingerprint density at radius 2 is 2.00 bits per heavy atom. The predicted octanol–water partition coefficient (Wildman–Crippen LogP) is 2.13. The molecular formula is C10H18N. The van der Waals surface area contributed by atoms with Crippen molar-refractivity contribution in [3.63, 3.8) is 0 Å². The largest absolute Gasteiger partial charge is 0.313 e. The normalized spacial score (nSPS) is 39.3. The third kappa shape index (κ3) is 1.76. The molecule has 1 saturated heterocycles. The number of nitrogens with one attached hydrogen (secondary N) is 1. The van der Waals surface area contributed by atoms with E-state index in [1.54, 1.807) is 0 Å². The highest BCUT2D eigenvalue weighted by molar-refractivity contribution is 4.87. The molecule has 0 aromatic carbocycles. The molecule has 2 aliphatic rings. The molecule has 63 valence electrons. The lowest BCUT2D eigenvalue weighted by Crippen LogP contribution is -2.37. The van der Waals surface area contributed by atoms with Crippen LogP contribution in [0.25, 0.3) is 0 Å². The third-order valence-electron chi connectivity index (χ3n) is 3.18. The van der Waals surface area contributed by atoms with Gasteiger partial charge in [0.15, 0.2) is 0 Å². The molecule has 0 bridgehead atoms. The van der Waals surface area contributed by atoms with Gasteiger partial charge in [-0.25, -0.2) is 0 Å². The molecule has 1 aliphatic carbocycles. The zero-order valence-electron chi connectivity index (χ0n) is 7.18. The number of fused-ring (bicyclic) bond motifs is 1. The van der Waals surface area contributed by atoms with Crippen molar-refractivity contribution in [3.05, 3.63) is 6.42 Å². The Morgan fingerprint density at radius 3 is 3.00 bits per heavy atom. The highest BCUT2D eigenvalue weighted by Crippen LogP contribution is 2.29. The first-order valence-corrected chi connectivity index (χ1v) is 5.02. The quantitative estimate of drug-likeness (QED) is 0.560. The first-order valence-electron chi connectivity index (χ1n) is 5.02. The monoisotopic (exact) mass is 152 g/mol. The second kappa shape index (κ2) is 3.57. The molecule has 0 aromatic heterocycles. The maximum Gasteiger partial charge on any atom is 0.00954 e. The summed E-state index contributed by atoms with van der Waals surface area (Å²) in [5.41, 5.74) is 0. The Labute approximate surface area is 69.6 Å². The van der Waals surface area contributed by atoms with Crippen molar-refractivity contribution in [2.45, 2.75) is 44.6 Å². The van der Waals surface area contributed by atoms with Crippen LogP contribution in [0.2, 0.25) is 0 Å². The van der Waals surface area contributed by atoms with Crippen LogP contribution in [-0.4, -0.2) is 12.6 Å². The fourth-order valence-electron chi connectivity index (χ4n) is 2.49. The summed E-state index contributed by atoms with van der Waals surface area (Å²) in [7, 11) is 0. The van der Waals surface area contributed by atoms with Crippen LogP contribution in [0.15, 0.2) is 0 Å². The van der Waals surface area contributed by atoms with Gasteiger partial charge in [-0.3, -0.25) is 0 Å². The summed E-state index contributed by atoms with van der Waals surface area (Å²) in [5.74, 6) is 1.00. The predicted molar refractivity (Wildman–Crippen MR) is 47.3 cm³/mol. The van der Waals surface area contributed by atoms with Crippen molar-refractivity contribution in [2.75, 3.05) is 6.54 Å². The Balaban J connectivity index is 1.93. The van der Waals surface area contributed by atoms with E-state index in [0.29, 0.717) is 0 Å². The van der Waals surface area contributed by atoms with Crippen molar-refractivity contribution >= 4 is 0 Å². The first-order chi connectivity index (χ1) is 5.47. The minimum atomic E-state index is 0.863. The van der Waals surface area contributed by atoms with E-state index < -0.39 is 0 Å². The molecule has 2 unspecified atom stereocenters. The van der Waals surface area contributed by atoms with Gasteiger partial charge in [-0.15, -0.1) is 0 Å². The molecule has 2 rings (SSSR count). The summed E-state index contributed by atoms with van der Waals surface area (Å²) in [6.45, 7) is 1.15. The SMILES string of the molecule is [CH]1CCC2CCCCC2NC1. The summed E-state index contributed by atoms with van der Waals surface area (Å²) in [6, 6.07) is 0.863. The maximum atomic E-state index is 3.63. The van der Waals surface area contributed by atoms with Crippen molar-refractivity contribution in [1.29, 1.82) is 0 Å². The molecular weight excluding hydrogens is 134 g/mol. The lowest BCUT2D eigenvalue weighted by Gasteiger charge is -2.30. The fraction of sp³-hybridized carbons (Fsp3) is 0.900. The second-order valence-electron chi connectivity index (χ2n) is 3.93. The highest BCUT2D eigenvalue weighted by Gasteiger charge is 2.25. The minimum absolute atomic E-state index is 0.863. The van der Waals surface area contributed by atoms with Crippen LogP contribution in [0, 0.1) is 12.3 Å².